The molecule has 0 radical (unpaired) electrons. The van der Waals surface area contributed by atoms with Crippen molar-refractivity contribution in [1.29, 1.82) is 0 Å². The molecule has 0 saturated heterocycles. The summed E-state index contributed by atoms with van der Waals surface area (Å²) in [5.41, 5.74) is 2.17. The Bertz CT molecular complexity index is 1410. The molecule has 0 aliphatic carbocycles. The Balaban J connectivity index is 1.51. The van der Waals surface area contributed by atoms with Gasteiger partial charge in [0.15, 0.2) is 16.9 Å². The third-order valence-corrected chi connectivity index (χ3v) is 5.29. The van der Waals surface area contributed by atoms with E-state index in [0.717, 1.165) is 16.7 Å². The number of hydrogen-bond donors (Lipinski definition) is 1. The number of carbonyl (C=O) groups excluding carboxylic acids is 1. The highest BCUT2D eigenvalue weighted by Gasteiger charge is 2.17. The molecular weight excluding hydrogens is 378 g/mol. The van der Waals surface area contributed by atoms with Gasteiger partial charge in [0, 0.05) is 17.0 Å². The standard InChI is InChI=1S/C23H19N5O2/c1-15(23-26-25-20-12-6-7-13-27(20)23)24-21(29)14-28-18-10-4-2-8-16(18)22(30)17-9-3-5-11-19(17)28/h2-13,15H,14H2,1H3,(H,24,29). The van der Waals surface area contributed by atoms with Crippen molar-refractivity contribution >= 4 is 33.4 Å². The molecule has 1 atom stereocenters. The topological polar surface area (TPSA) is 81.3 Å². The van der Waals surface area contributed by atoms with Gasteiger partial charge in [-0.3, -0.25) is 14.0 Å². The first-order chi connectivity index (χ1) is 14.6. The average molecular weight is 397 g/mol. The van der Waals surface area contributed by atoms with Crippen LogP contribution < -0.4 is 10.7 Å². The molecule has 148 valence electrons. The number of para-hydroxylation sites is 2. The van der Waals surface area contributed by atoms with Crippen LogP contribution in [0.4, 0.5) is 0 Å². The van der Waals surface area contributed by atoms with E-state index < -0.39 is 0 Å². The fourth-order valence-electron chi connectivity index (χ4n) is 3.90. The zero-order valence-corrected chi connectivity index (χ0v) is 16.3. The van der Waals surface area contributed by atoms with Crippen LogP contribution in [0.3, 0.4) is 0 Å². The second kappa shape index (κ2) is 7.11. The van der Waals surface area contributed by atoms with Crippen molar-refractivity contribution in [2.45, 2.75) is 19.5 Å². The maximum absolute atomic E-state index is 13.0. The van der Waals surface area contributed by atoms with E-state index in [0.29, 0.717) is 16.6 Å². The van der Waals surface area contributed by atoms with Crippen molar-refractivity contribution < 1.29 is 4.79 Å². The van der Waals surface area contributed by atoms with Crippen LogP contribution in [0, 0.1) is 0 Å². The van der Waals surface area contributed by atoms with Crippen molar-refractivity contribution in [3.63, 3.8) is 0 Å². The molecular formula is C23H19N5O2. The number of carbonyl (C=O) groups is 1. The summed E-state index contributed by atoms with van der Waals surface area (Å²) in [7, 11) is 0. The highest BCUT2D eigenvalue weighted by atomic mass is 16.2. The molecule has 30 heavy (non-hydrogen) atoms. The number of benzene rings is 2. The zero-order valence-electron chi connectivity index (χ0n) is 16.3. The van der Waals surface area contributed by atoms with Gasteiger partial charge in [-0.05, 0) is 43.3 Å². The maximum Gasteiger partial charge on any atom is 0.240 e. The molecule has 2 aromatic carbocycles. The summed E-state index contributed by atoms with van der Waals surface area (Å²) in [6, 6.07) is 20.1. The summed E-state index contributed by atoms with van der Waals surface area (Å²) in [5.74, 6) is 0.489. The molecule has 1 amide bonds. The Morgan fingerprint density at radius 2 is 1.57 bits per heavy atom. The Hall–Kier alpha value is -4.00. The Kier molecular flexibility index (Phi) is 4.28. The monoisotopic (exact) mass is 397 g/mol. The predicted octanol–water partition coefficient (Wildman–Crippen LogP) is 3.07. The van der Waals surface area contributed by atoms with E-state index in [2.05, 4.69) is 15.5 Å². The van der Waals surface area contributed by atoms with Gasteiger partial charge in [-0.15, -0.1) is 10.2 Å². The van der Waals surface area contributed by atoms with Gasteiger partial charge in [-0.1, -0.05) is 30.3 Å². The van der Waals surface area contributed by atoms with Crippen LogP contribution in [-0.4, -0.2) is 25.1 Å². The van der Waals surface area contributed by atoms with Crippen LogP contribution in [0.5, 0.6) is 0 Å². The maximum atomic E-state index is 13.0. The quantitative estimate of drug-likeness (QED) is 0.473. The van der Waals surface area contributed by atoms with Gasteiger partial charge in [-0.25, -0.2) is 0 Å². The summed E-state index contributed by atoms with van der Waals surface area (Å²) in [6.07, 6.45) is 1.87. The minimum atomic E-state index is -0.327. The fraction of sp³-hybridized carbons (Fsp3) is 0.130. The third kappa shape index (κ3) is 2.91. The normalized spacial score (nSPS) is 12.4. The second-order valence-corrected chi connectivity index (χ2v) is 7.23. The number of fused-ring (bicyclic) bond motifs is 3. The number of hydrogen-bond acceptors (Lipinski definition) is 4. The van der Waals surface area contributed by atoms with E-state index in [1.165, 1.54) is 0 Å². The van der Waals surface area contributed by atoms with E-state index in [1.807, 2.05) is 76.7 Å². The highest BCUT2D eigenvalue weighted by Crippen LogP contribution is 2.19. The highest BCUT2D eigenvalue weighted by molar-refractivity contribution is 5.94. The lowest BCUT2D eigenvalue weighted by Gasteiger charge is -2.17. The molecule has 7 heteroatoms. The first-order valence-corrected chi connectivity index (χ1v) is 9.73. The van der Waals surface area contributed by atoms with Gasteiger partial charge < -0.3 is 9.88 Å². The van der Waals surface area contributed by atoms with Gasteiger partial charge >= 0.3 is 0 Å². The molecule has 5 aromatic rings. The van der Waals surface area contributed by atoms with Crippen molar-refractivity contribution in [2.24, 2.45) is 0 Å². The number of pyridine rings is 2. The Morgan fingerprint density at radius 3 is 2.27 bits per heavy atom. The van der Waals surface area contributed by atoms with Crippen LogP contribution in [-0.2, 0) is 11.3 Å². The van der Waals surface area contributed by atoms with E-state index in [1.54, 1.807) is 12.1 Å². The lowest BCUT2D eigenvalue weighted by atomic mass is 10.1. The molecule has 0 aliphatic rings. The van der Waals surface area contributed by atoms with Gasteiger partial charge in [0.1, 0.15) is 6.54 Å². The van der Waals surface area contributed by atoms with Gasteiger partial charge in [-0.2, -0.15) is 0 Å². The largest absolute Gasteiger partial charge is 0.345 e. The SMILES string of the molecule is CC(NC(=O)Cn1c2ccccc2c(=O)c2ccccc21)c1nnc2ccccn12. The molecule has 0 fully saturated rings. The number of nitrogens with one attached hydrogen (secondary N) is 1. The molecule has 0 bridgehead atoms. The molecule has 3 heterocycles. The van der Waals surface area contributed by atoms with Gasteiger partial charge in [0.25, 0.3) is 0 Å². The van der Waals surface area contributed by atoms with Gasteiger partial charge in [0.05, 0.1) is 17.1 Å². The number of nitrogens with zero attached hydrogens (tertiary/aromatic N) is 4. The predicted molar refractivity (Wildman–Crippen MR) is 115 cm³/mol. The van der Waals surface area contributed by atoms with Crippen molar-refractivity contribution in [2.75, 3.05) is 0 Å². The number of rotatable bonds is 4. The summed E-state index contributed by atoms with van der Waals surface area (Å²) in [6.45, 7) is 1.96. The van der Waals surface area contributed by atoms with Crippen LogP contribution >= 0.6 is 0 Å². The first kappa shape index (κ1) is 18.1. The zero-order chi connectivity index (χ0) is 20.7. The third-order valence-electron chi connectivity index (χ3n) is 5.29. The Labute approximate surface area is 171 Å². The summed E-state index contributed by atoms with van der Waals surface area (Å²) in [4.78, 5) is 25.8. The van der Waals surface area contributed by atoms with Crippen LogP contribution in [0.15, 0.2) is 77.7 Å². The Morgan fingerprint density at radius 1 is 0.933 bits per heavy atom. The van der Waals surface area contributed by atoms with Crippen LogP contribution in [0.25, 0.3) is 27.5 Å². The fourth-order valence-corrected chi connectivity index (χ4v) is 3.90. The van der Waals surface area contributed by atoms with Crippen molar-refractivity contribution in [1.82, 2.24) is 24.5 Å². The van der Waals surface area contributed by atoms with E-state index in [9.17, 15) is 9.59 Å². The molecule has 1 N–H and O–H groups in total. The number of aromatic nitrogens is 4. The summed E-state index contributed by atoms with van der Waals surface area (Å²) < 4.78 is 3.74. The minimum absolute atomic E-state index is 0.0267. The van der Waals surface area contributed by atoms with Crippen molar-refractivity contribution in [3.8, 4) is 0 Å². The molecule has 0 aliphatic heterocycles. The van der Waals surface area contributed by atoms with Crippen LogP contribution in [0.1, 0.15) is 18.8 Å². The van der Waals surface area contributed by atoms with E-state index >= 15 is 0 Å². The molecule has 0 saturated carbocycles. The summed E-state index contributed by atoms with van der Waals surface area (Å²) >= 11 is 0. The molecule has 3 aromatic heterocycles. The minimum Gasteiger partial charge on any atom is -0.345 e. The summed E-state index contributed by atoms with van der Waals surface area (Å²) in [5, 5.41) is 12.6. The smallest absolute Gasteiger partial charge is 0.240 e. The van der Waals surface area contributed by atoms with Gasteiger partial charge in [0.2, 0.25) is 5.91 Å². The van der Waals surface area contributed by atoms with E-state index in [-0.39, 0.29) is 23.9 Å². The van der Waals surface area contributed by atoms with Crippen LogP contribution in [0.2, 0.25) is 0 Å². The molecule has 7 nitrogen and oxygen atoms in total. The lowest BCUT2D eigenvalue weighted by Crippen LogP contribution is -2.31. The molecule has 1 unspecified atom stereocenters. The first-order valence-electron chi connectivity index (χ1n) is 9.73. The van der Waals surface area contributed by atoms with Crippen molar-refractivity contribution in [3.05, 3.63) is 89.0 Å². The number of amides is 1. The average Bonchev–Trinajstić information content (AvgIpc) is 3.21. The second-order valence-electron chi connectivity index (χ2n) is 7.23. The molecule has 5 rings (SSSR count). The lowest BCUT2D eigenvalue weighted by molar-refractivity contribution is -0.122. The molecule has 0 spiro atoms. The van der Waals surface area contributed by atoms with E-state index in [4.69, 9.17) is 0 Å².